The molecule has 0 spiro atoms. The third-order valence-electron chi connectivity index (χ3n) is 0.346. The molecule has 0 unspecified atom stereocenters. The number of aliphatic imine (C=N–C) groups is 1. The van der Waals surface area contributed by atoms with Crippen molar-refractivity contribution in [3.05, 3.63) is 0 Å². The van der Waals surface area contributed by atoms with E-state index in [9.17, 15) is 0 Å². The van der Waals surface area contributed by atoms with Crippen LogP contribution in [0.1, 0.15) is 0 Å². The van der Waals surface area contributed by atoms with Gasteiger partial charge in [-0.1, -0.05) is 0 Å². The number of hydrogen-bond donors (Lipinski definition) is 1. The molecule has 0 bridgehead atoms. The predicted octanol–water partition coefficient (Wildman–Crippen LogP) is 0.209. The largest absolute Gasteiger partial charge is 0.301 e. The molecule has 0 aromatic heterocycles. The molecular formula is C2H3N3S. The average Bonchev–Trinajstić information content (AvgIpc) is 1.72. The lowest BCUT2D eigenvalue weighted by molar-refractivity contribution is 1.52. The molecule has 32 valence electrons. The van der Waals surface area contributed by atoms with Gasteiger partial charge in [0, 0.05) is 0 Å². The smallest absolute Gasteiger partial charge is 0.127 e. The molecule has 0 amide bonds. The molecule has 1 rings (SSSR count). The van der Waals surface area contributed by atoms with E-state index in [1.54, 1.807) is 6.34 Å². The van der Waals surface area contributed by atoms with E-state index in [1.165, 1.54) is 18.5 Å². The first-order valence-corrected chi connectivity index (χ1v) is 2.22. The van der Waals surface area contributed by atoms with Crippen molar-refractivity contribution in [2.24, 2.45) is 9.39 Å². The quantitative estimate of drug-likeness (QED) is 0.443. The Labute approximate surface area is 39.8 Å². The van der Waals surface area contributed by atoms with E-state index in [4.69, 9.17) is 0 Å². The molecule has 0 aromatic carbocycles. The maximum Gasteiger partial charge on any atom is 0.127 e. The van der Waals surface area contributed by atoms with Crippen LogP contribution in [0.5, 0.6) is 0 Å². The Morgan fingerprint density at radius 3 is 2.83 bits per heavy atom. The summed E-state index contributed by atoms with van der Waals surface area (Å²) in [4.78, 5) is 3.63. The lowest BCUT2D eigenvalue weighted by atomic mass is 11.2. The van der Waals surface area contributed by atoms with Gasteiger partial charge in [0.05, 0.1) is 12.1 Å². The van der Waals surface area contributed by atoms with Crippen LogP contribution >= 0.6 is 12.1 Å². The van der Waals surface area contributed by atoms with Crippen molar-refractivity contribution in [2.45, 2.75) is 0 Å². The summed E-state index contributed by atoms with van der Waals surface area (Å²) in [5, 5.41) is 0. The highest BCUT2D eigenvalue weighted by Gasteiger charge is 1.76. The highest BCUT2D eigenvalue weighted by atomic mass is 32.2. The van der Waals surface area contributed by atoms with E-state index in [-0.39, 0.29) is 0 Å². The molecule has 0 atom stereocenters. The molecule has 1 aliphatic rings. The first-order valence-electron chi connectivity index (χ1n) is 1.45. The molecule has 3 nitrogen and oxygen atoms in total. The summed E-state index contributed by atoms with van der Waals surface area (Å²) in [7, 11) is 0. The van der Waals surface area contributed by atoms with Gasteiger partial charge in [0.2, 0.25) is 0 Å². The minimum Gasteiger partial charge on any atom is -0.301 e. The highest BCUT2D eigenvalue weighted by molar-refractivity contribution is 7.96. The van der Waals surface area contributed by atoms with Crippen molar-refractivity contribution in [3.63, 3.8) is 0 Å². The van der Waals surface area contributed by atoms with Crippen molar-refractivity contribution in [1.82, 2.24) is 4.72 Å². The molecule has 1 N–H and O–H groups in total. The number of hydrogen-bond acceptors (Lipinski definition) is 4. The molecule has 0 saturated carbocycles. The Balaban J connectivity index is 2.46. The minimum atomic E-state index is 1.27. The van der Waals surface area contributed by atoms with Crippen LogP contribution in [0, 0.1) is 0 Å². The van der Waals surface area contributed by atoms with E-state index < -0.39 is 0 Å². The Morgan fingerprint density at radius 1 is 1.67 bits per heavy atom. The zero-order valence-corrected chi connectivity index (χ0v) is 3.77. The molecule has 0 fully saturated rings. The molecule has 0 radical (unpaired) electrons. The topological polar surface area (TPSA) is 36.8 Å². The fraction of sp³-hybridized carbons (Fsp3) is 0. The van der Waals surface area contributed by atoms with Gasteiger partial charge in [-0.25, -0.2) is 4.99 Å². The molecule has 0 aromatic rings. The maximum atomic E-state index is 3.66. The number of nitrogens with one attached hydrogen (secondary N) is 1. The van der Waals surface area contributed by atoms with Crippen LogP contribution in [0.4, 0.5) is 0 Å². The van der Waals surface area contributed by atoms with Crippen LogP contribution in [0.3, 0.4) is 0 Å². The van der Waals surface area contributed by atoms with Gasteiger partial charge in [0.15, 0.2) is 0 Å². The number of nitrogens with zero attached hydrogens (tertiary/aromatic N) is 2. The first kappa shape index (κ1) is 3.67. The monoisotopic (exact) mass is 101 g/mol. The molecular weight excluding hydrogens is 98.1 g/mol. The second-order valence-corrected chi connectivity index (χ2v) is 1.34. The van der Waals surface area contributed by atoms with Crippen LogP contribution in [-0.2, 0) is 0 Å². The van der Waals surface area contributed by atoms with Crippen molar-refractivity contribution < 1.29 is 0 Å². The summed E-state index contributed by atoms with van der Waals surface area (Å²) in [5.41, 5.74) is 0. The zero-order chi connectivity index (χ0) is 4.24. The van der Waals surface area contributed by atoms with Gasteiger partial charge in [-0.3, -0.25) is 0 Å². The van der Waals surface area contributed by atoms with Gasteiger partial charge in [-0.15, -0.1) is 0 Å². The molecule has 0 saturated heterocycles. The second kappa shape index (κ2) is 1.81. The Morgan fingerprint density at radius 2 is 2.67 bits per heavy atom. The summed E-state index contributed by atoms with van der Waals surface area (Å²) in [6.45, 7) is 0. The highest BCUT2D eigenvalue weighted by Crippen LogP contribution is 1.92. The van der Waals surface area contributed by atoms with Crippen LogP contribution in [-0.4, -0.2) is 12.7 Å². The van der Waals surface area contributed by atoms with Gasteiger partial charge in [-0.05, 0) is 0 Å². The van der Waals surface area contributed by atoms with Crippen LogP contribution in [0.15, 0.2) is 9.39 Å². The minimum absolute atomic E-state index is 1.27. The Kier molecular flexibility index (Phi) is 1.11. The fourth-order valence-corrected chi connectivity index (χ4v) is 0.439. The van der Waals surface area contributed by atoms with Gasteiger partial charge in [0.1, 0.15) is 12.7 Å². The molecule has 4 heteroatoms. The first-order chi connectivity index (χ1) is 3.00. The normalized spacial score (nSPS) is 17.3. The molecule has 1 aliphatic heterocycles. The van der Waals surface area contributed by atoms with Gasteiger partial charge in [0.25, 0.3) is 0 Å². The van der Waals surface area contributed by atoms with Crippen molar-refractivity contribution in [2.75, 3.05) is 0 Å². The van der Waals surface area contributed by atoms with E-state index in [0.29, 0.717) is 0 Å². The third-order valence-corrected chi connectivity index (χ3v) is 0.757. The van der Waals surface area contributed by atoms with Crippen molar-refractivity contribution >= 4 is 24.8 Å². The number of rotatable bonds is 0. The predicted molar refractivity (Wildman–Crippen MR) is 27.7 cm³/mol. The van der Waals surface area contributed by atoms with Gasteiger partial charge >= 0.3 is 0 Å². The second-order valence-electron chi connectivity index (χ2n) is 0.708. The fourth-order valence-electron chi connectivity index (χ4n) is 0.169. The van der Waals surface area contributed by atoms with Gasteiger partial charge < -0.3 is 4.72 Å². The summed E-state index contributed by atoms with van der Waals surface area (Å²) in [5.74, 6) is 0. The van der Waals surface area contributed by atoms with E-state index in [0.717, 1.165) is 0 Å². The third kappa shape index (κ3) is 0.718. The van der Waals surface area contributed by atoms with Crippen LogP contribution in [0.25, 0.3) is 0 Å². The standard InChI is InChI=1S/C2H3N3S/c1-3-2-5-6-4-1/h1-2H,(H,3,4,5). The van der Waals surface area contributed by atoms with Crippen molar-refractivity contribution in [1.29, 1.82) is 0 Å². The van der Waals surface area contributed by atoms with E-state index >= 15 is 0 Å². The van der Waals surface area contributed by atoms with Crippen molar-refractivity contribution in [3.8, 4) is 0 Å². The maximum absolute atomic E-state index is 3.66. The summed E-state index contributed by atoms with van der Waals surface area (Å²) in [6, 6.07) is 0. The summed E-state index contributed by atoms with van der Waals surface area (Å²) >= 11 is 1.27. The zero-order valence-electron chi connectivity index (χ0n) is 2.96. The van der Waals surface area contributed by atoms with Gasteiger partial charge in [-0.2, -0.15) is 4.40 Å². The Bertz CT molecular complexity index is 74.8. The summed E-state index contributed by atoms with van der Waals surface area (Å²) in [6.07, 6.45) is 3.07. The summed E-state index contributed by atoms with van der Waals surface area (Å²) < 4.78 is 6.37. The van der Waals surface area contributed by atoms with Crippen LogP contribution in [0.2, 0.25) is 0 Å². The van der Waals surface area contributed by atoms with Crippen LogP contribution < -0.4 is 4.72 Å². The molecule has 6 heavy (non-hydrogen) atoms. The average molecular weight is 101 g/mol. The van der Waals surface area contributed by atoms with E-state index in [1.807, 2.05) is 0 Å². The lowest BCUT2D eigenvalue weighted by Crippen LogP contribution is -1.99. The molecule has 0 aliphatic carbocycles. The van der Waals surface area contributed by atoms with E-state index in [2.05, 4.69) is 14.1 Å². The SMILES string of the molecule is C1=NC=NSN1. The Hall–Kier alpha value is -0.510. The molecule has 1 heterocycles. The lowest BCUT2D eigenvalue weighted by Gasteiger charge is -1.90.